The summed E-state index contributed by atoms with van der Waals surface area (Å²) in [4.78, 5) is 0. The van der Waals surface area contributed by atoms with Gasteiger partial charge in [0.1, 0.15) is 0 Å². The van der Waals surface area contributed by atoms with Crippen LogP contribution in [0.2, 0.25) is 30.0 Å². The summed E-state index contributed by atoms with van der Waals surface area (Å²) in [5, 5.41) is 27.4. The molecule has 0 aliphatic rings. The monoisotopic (exact) mass is 283 g/mol. The van der Waals surface area contributed by atoms with Crippen LogP contribution in [-0.2, 0) is 0 Å². The molecule has 0 radical (unpaired) electrons. The Labute approximate surface area is 120 Å². The second-order valence-corrected chi connectivity index (χ2v) is 11.6. The van der Waals surface area contributed by atoms with Crippen molar-refractivity contribution in [2.75, 3.05) is 0 Å². The first-order chi connectivity index (χ1) is 8.86. The van der Waals surface area contributed by atoms with Crippen LogP contribution < -0.4 is 0 Å². The number of rotatable bonds is 9. The van der Waals surface area contributed by atoms with Crippen LogP contribution >= 0.6 is 0 Å². The van der Waals surface area contributed by atoms with E-state index >= 15 is 0 Å². The number of nitrogens with zero attached hydrogens (tertiary/aromatic N) is 1. The molecule has 0 saturated heterocycles. The van der Waals surface area contributed by atoms with Crippen molar-refractivity contribution in [1.82, 2.24) is 0 Å². The highest BCUT2D eigenvalue weighted by molar-refractivity contribution is 6.81. The van der Waals surface area contributed by atoms with E-state index in [1.807, 2.05) is 0 Å². The highest BCUT2D eigenvalue weighted by Crippen LogP contribution is 2.43. The van der Waals surface area contributed by atoms with Crippen LogP contribution in [-0.4, -0.2) is 25.2 Å². The summed E-state index contributed by atoms with van der Waals surface area (Å²) in [6, 6.07) is 6.02. The van der Waals surface area contributed by atoms with Gasteiger partial charge in [-0.3, -0.25) is 0 Å². The molecule has 5 heteroatoms. The lowest BCUT2D eigenvalue weighted by Crippen LogP contribution is -2.41. The van der Waals surface area contributed by atoms with Crippen molar-refractivity contribution in [2.45, 2.75) is 71.0 Å². The summed E-state index contributed by atoms with van der Waals surface area (Å²) in [7, 11) is -2.72. The van der Waals surface area contributed by atoms with E-state index in [1.165, 1.54) is 18.1 Å². The van der Waals surface area contributed by atoms with E-state index in [0.717, 1.165) is 6.42 Å². The fourth-order valence-corrected chi connectivity index (χ4v) is 8.80. The quantitative estimate of drug-likeness (QED) is 0.636. The molecule has 3 nitrogen and oxygen atoms in total. The van der Waals surface area contributed by atoms with Gasteiger partial charge in [-0.05, 0) is 24.2 Å². The number of nitriles is 1. The molecule has 0 amide bonds. The molecule has 0 aromatic heterocycles. The first-order valence-corrected chi connectivity index (χ1v) is 10.3. The zero-order valence-electron chi connectivity index (χ0n) is 13.2. The van der Waals surface area contributed by atoms with Crippen molar-refractivity contribution < 1.29 is 10.0 Å². The maximum Gasteiger partial charge on any atom is 0.452 e. The molecule has 0 aromatic rings. The maximum absolute atomic E-state index is 9.23. The zero-order chi connectivity index (χ0) is 15.1. The lowest BCUT2D eigenvalue weighted by Gasteiger charge is -2.41. The van der Waals surface area contributed by atoms with E-state index < -0.39 is 15.2 Å². The average Bonchev–Trinajstić information content (AvgIpc) is 2.37. The minimum absolute atomic E-state index is 0.182. The standard InChI is InChI=1S/C14H30BNO2Si/c1-6-19(7-2,8-3)14(12(4)5)9-13(11-16)10-15(17)18/h12-14,17-18H,6-10H2,1-5H3. The molecule has 19 heavy (non-hydrogen) atoms. The molecule has 2 N–H and O–H groups in total. The Morgan fingerprint density at radius 1 is 1.11 bits per heavy atom. The van der Waals surface area contributed by atoms with Gasteiger partial charge in [-0.25, -0.2) is 0 Å². The van der Waals surface area contributed by atoms with Gasteiger partial charge in [-0.15, -0.1) is 0 Å². The van der Waals surface area contributed by atoms with Crippen LogP contribution in [0, 0.1) is 23.2 Å². The molecule has 0 rings (SSSR count). The summed E-state index contributed by atoms with van der Waals surface area (Å²) < 4.78 is 0. The molecule has 2 unspecified atom stereocenters. The van der Waals surface area contributed by atoms with Crippen molar-refractivity contribution in [3.63, 3.8) is 0 Å². The highest BCUT2D eigenvalue weighted by Gasteiger charge is 2.39. The molecular formula is C14H30BNO2Si. The van der Waals surface area contributed by atoms with Gasteiger partial charge in [0.25, 0.3) is 0 Å². The largest absolute Gasteiger partial charge is 0.452 e. The second-order valence-electron chi connectivity index (χ2n) is 6.05. The first-order valence-electron chi connectivity index (χ1n) is 7.62. The first kappa shape index (κ1) is 18.7. The summed E-state index contributed by atoms with van der Waals surface area (Å²) in [6.07, 6.45) is 1.01. The van der Waals surface area contributed by atoms with Crippen molar-refractivity contribution >= 4 is 15.2 Å². The lowest BCUT2D eigenvalue weighted by molar-refractivity contribution is 0.386. The highest BCUT2D eigenvalue weighted by atomic mass is 28.3. The zero-order valence-corrected chi connectivity index (χ0v) is 14.2. The van der Waals surface area contributed by atoms with Crippen LogP contribution in [0.5, 0.6) is 0 Å². The third-order valence-electron chi connectivity index (χ3n) is 4.92. The molecule has 0 spiro atoms. The van der Waals surface area contributed by atoms with Gasteiger partial charge < -0.3 is 10.0 Å². The summed E-state index contributed by atoms with van der Waals surface area (Å²) >= 11 is 0. The molecule has 0 aliphatic carbocycles. The molecule has 0 aromatic carbocycles. The smallest absolute Gasteiger partial charge is 0.427 e. The molecule has 0 fully saturated rings. The van der Waals surface area contributed by atoms with Gasteiger partial charge in [0.05, 0.1) is 14.1 Å². The third kappa shape index (κ3) is 5.29. The number of hydrogen-bond donors (Lipinski definition) is 2. The van der Waals surface area contributed by atoms with Crippen molar-refractivity contribution in [3.8, 4) is 6.07 Å². The molecule has 0 aliphatic heterocycles. The lowest BCUT2D eigenvalue weighted by atomic mass is 9.76. The molecule has 0 heterocycles. The predicted molar refractivity (Wildman–Crippen MR) is 84.5 cm³/mol. The van der Waals surface area contributed by atoms with E-state index in [2.05, 4.69) is 40.7 Å². The minimum atomic E-state index is -1.36. The molecule has 2 atom stereocenters. The summed E-state index contributed by atoms with van der Waals surface area (Å²) in [5.74, 6) is 0.335. The van der Waals surface area contributed by atoms with Gasteiger partial charge in [0.15, 0.2) is 0 Å². The Kier molecular flexibility index (Phi) is 8.64. The molecule has 0 saturated carbocycles. The maximum atomic E-state index is 9.23. The predicted octanol–water partition coefficient (Wildman–Crippen LogP) is 3.52. The normalized spacial score (nSPS) is 15.1. The SMILES string of the molecule is CC[Si](CC)(CC)C(CC(C#N)CB(O)O)C(C)C. The Balaban J connectivity index is 5.05. The van der Waals surface area contributed by atoms with E-state index in [0.29, 0.717) is 11.5 Å². The minimum Gasteiger partial charge on any atom is -0.427 e. The number of hydrogen-bond acceptors (Lipinski definition) is 3. The Morgan fingerprint density at radius 2 is 1.58 bits per heavy atom. The fourth-order valence-electron chi connectivity index (χ4n) is 3.53. The fraction of sp³-hybridized carbons (Fsp3) is 0.929. The third-order valence-corrected chi connectivity index (χ3v) is 11.6. The van der Waals surface area contributed by atoms with Crippen molar-refractivity contribution in [3.05, 3.63) is 0 Å². The van der Waals surface area contributed by atoms with Crippen molar-refractivity contribution in [1.29, 1.82) is 5.26 Å². The topological polar surface area (TPSA) is 64.2 Å². The van der Waals surface area contributed by atoms with E-state index in [1.54, 1.807) is 0 Å². The second kappa shape index (κ2) is 8.78. The average molecular weight is 283 g/mol. The Bertz CT molecular complexity index is 279. The van der Waals surface area contributed by atoms with E-state index in [-0.39, 0.29) is 12.2 Å². The molecular weight excluding hydrogens is 253 g/mol. The van der Waals surface area contributed by atoms with Gasteiger partial charge >= 0.3 is 7.12 Å². The van der Waals surface area contributed by atoms with Gasteiger partial charge in [0.2, 0.25) is 0 Å². The van der Waals surface area contributed by atoms with Crippen LogP contribution in [0.15, 0.2) is 0 Å². The van der Waals surface area contributed by atoms with Gasteiger partial charge in [0, 0.05) is 5.92 Å². The summed E-state index contributed by atoms with van der Waals surface area (Å²) in [6.45, 7) is 11.4. The van der Waals surface area contributed by atoms with E-state index in [9.17, 15) is 5.26 Å². The molecule has 0 bridgehead atoms. The van der Waals surface area contributed by atoms with Crippen LogP contribution in [0.3, 0.4) is 0 Å². The van der Waals surface area contributed by atoms with Crippen molar-refractivity contribution in [2.24, 2.45) is 11.8 Å². The van der Waals surface area contributed by atoms with Crippen LogP contribution in [0.1, 0.15) is 41.0 Å². The van der Waals surface area contributed by atoms with E-state index in [4.69, 9.17) is 10.0 Å². The summed E-state index contributed by atoms with van der Waals surface area (Å²) in [5.41, 5.74) is 0.593. The van der Waals surface area contributed by atoms with Crippen LogP contribution in [0.25, 0.3) is 0 Å². The molecule has 110 valence electrons. The Hall–Kier alpha value is -0.308. The Morgan fingerprint density at radius 3 is 1.84 bits per heavy atom. The van der Waals surface area contributed by atoms with Gasteiger partial charge in [-0.1, -0.05) is 52.8 Å². The van der Waals surface area contributed by atoms with Gasteiger partial charge in [-0.2, -0.15) is 5.26 Å². The van der Waals surface area contributed by atoms with Crippen LogP contribution in [0.4, 0.5) is 0 Å².